The summed E-state index contributed by atoms with van der Waals surface area (Å²) in [5.74, 6) is 0.718. The van der Waals surface area contributed by atoms with E-state index in [1.54, 1.807) is 0 Å². The summed E-state index contributed by atoms with van der Waals surface area (Å²) in [5.41, 5.74) is 0.278. The van der Waals surface area contributed by atoms with Crippen LogP contribution in [-0.2, 0) is 13.1 Å². The molecule has 19 heavy (non-hydrogen) atoms. The number of hydrogen-bond donors (Lipinski definition) is 1. The van der Waals surface area contributed by atoms with Crippen molar-refractivity contribution in [3.05, 3.63) is 21.9 Å². The topological polar surface area (TPSA) is 15.3 Å². The van der Waals surface area contributed by atoms with Crippen LogP contribution in [0, 0.1) is 5.92 Å². The fourth-order valence-corrected chi connectivity index (χ4v) is 2.85. The zero-order valence-electron chi connectivity index (χ0n) is 13.4. The van der Waals surface area contributed by atoms with E-state index in [1.165, 1.54) is 16.2 Å². The lowest BCUT2D eigenvalue weighted by atomic mass is 10.00. The van der Waals surface area contributed by atoms with E-state index in [2.05, 4.69) is 64.0 Å². The third-order valence-corrected chi connectivity index (χ3v) is 4.93. The lowest BCUT2D eigenvalue weighted by molar-refractivity contribution is 0.144. The standard InChI is InChI=1S/C16H30N2S/c1-7-16(4,5)18(6)12-15-9-8-14(19-15)11-17-10-13(2)3/h8-9,13,17H,7,10-12H2,1-6H3. The molecule has 0 aliphatic rings. The highest BCUT2D eigenvalue weighted by atomic mass is 32.1. The first-order valence-corrected chi connectivity index (χ1v) is 8.16. The van der Waals surface area contributed by atoms with Gasteiger partial charge in [0, 0.05) is 28.4 Å². The van der Waals surface area contributed by atoms with E-state index in [0.29, 0.717) is 0 Å². The Morgan fingerprint density at radius 1 is 1.26 bits per heavy atom. The molecule has 1 rings (SSSR count). The molecule has 1 aromatic heterocycles. The van der Waals surface area contributed by atoms with Gasteiger partial charge in [-0.25, -0.2) is 0 Å². The van der Waals surface area contributed by atoms with Crippen LogP contribution >= 0.6 is 11.3 Å². The SMILES string of the molecule is CCC(C)(C)N(C)Cc1ccc(CNCC(C)C)s1. The van der Waals surface area contributed by atoms with E-state index in [0.717, 1.165) is 25.6 Å². The summed E-state index contributed by atoms with van der Waals surface area (Å²) in [7, 11) is 2.22. The number of hydrogen-bond acceptors (Lipinski definition) is 3. The number of rotatable bonds is 8. The summed E-state index contributed by atoms with van der Waals surface area (Å²) in [6.45, 7) is 14.5. The molecule has 0 bridgehead atoms. The Morgan fingerprint density at radius 2 is 1.89 bits per heavy atom. The first-order valence-electron chi connectivity index (χ1n) is 7.34. The van der Waals surface area contributed by atoms with E-state index >= 15 is 0 Å². The van der Waals surface area contributed by atoms with Crippen LogP contribution in [-0.4, -0.2) is 24.0 Å². The molecular formula is C16H30N2S. The van der Waals surface area contributed by atoms with Gasteiger partial charge in [0.05, 0.1) is 0 Å². The van der Waals surface area contributed by atoms with Gasteiger partial charge in [-0.1, -0.05) is 20.8 Å². The highest BCUT2D eigenvalue weighted by Gasteiger charge is 2.21. The summed E-state index contributed by atoms with van der Waals surface area (Å²) in [6.07, 6.45) is 1.18. The number of nitrogens with one attached hydrogen (secondary N) is 1. The third-order valence-electron chi connectivity index (χ3n) is 3.86. The molecule has 1 heterocycles. The van der Waals surface area contributed by atoms with E-state index < -0.39 is 0 Å². The van der Waals surface area contributed by atoms with Crippen LogP contribution in [0.2, 0.25) is 0 Å². The van der Waals surface area contributed by atoms with E-state index in [-0.39, 0.29) is 5.54 Å². The molecule has 0 saturated carbocycles. The lowest BCUT2D eigenvalue weighted by Gasteiger charge is -2.34. The van der Waals surface area contributed by atoms with Crippen LogP contribution < -0.4 is 5.32 Å². The van der Waals surface area contributed by atoms with Crippen LogP contribution in [0.15, 0.2) is 12.1 Å². The van der Waals surface area contributed by atoms with Crippen molar-refractivity contribution in [1.82, 2.24) is 10.2 Å². The second-order valence-corrected chi connectivity index (χ2v) is 7.67. The van der Waals surface area contributed by atoms with Crippen LogP contribution in [0.5, 0.6) is 0 Å². The monoisotopic (exact) mass is 282 g/mol. The van der Waals surface area contributed by atoms with Gasteiger partial charge in [-0.15, -0.1) is 11.3 Å². The fourth-order valence-electron chi connectivity index (χ4n) is 1.80. The van der Waals surface area contributed by atoms with Gasteiger partial charge in [0.25, 0.3) is 0 Å². The lowest BCUT2D eigenvalue weighted by Crippen LogP contribution is -2.39. The largest absolute Gasteiger partial charge is 0.312 e. The van der Waals surface area contributed by atoms with E-state index in [4.69, 9.17) is 0 Å². The minimum absolute atomic E-state index is 0.278. The van der Waals surface area contributed by atoms with Crippen LogP contribution in [0.1, 0.15) is 50.8 Å². The Morgan fingerprint density at radius 3 is 2.47 bits per heavy atom. The maximum absolute atomic E-state index is 3.51. The van der Waals surface area contributed by atoms with Crippen molar-refractivity contribution in [1.29, 1.82) is 0 Å². The van der Waals surface area contributed by atoms with Gasteiger partial charge in [0.2, 0.25) is 0 Å². The minimum Gasteiger partial charge on any atom is -0.312 e. The summed E-state index contributed by atoms with van der Waals surface area (Å²) >= 11 is 1.94. The number of thiophene rings is 1. The molecule has 0 aliphatic heterocycles. The molecule has 2 nitrogen and oxygen atoms in total. The van der Waals surface area contributed by atoms with Crippen molar-refractivity contribution in [2.45, 2.75) is 59.7 Å². The van der Waals surface area contributed by atoms with Gasteiger partial charge >= 0.3 is 0 Å². The maximum Gasteiger partial charge on any atom is 0.0330 e. The molecule has 0 unspecified atom stereocenters. The molecule has 1 aromatic rings. The van der Waals surface area contributed by atoms with Crippen LogP contribution in [0.3, 0.4) is 0 Å². The minimum atomic E-state index is 0.278. The van der Waals surface area contributed by atoms with Gasteiger partial charge in [0.15, 0.2) is 0 Å². The van der Waals surface area contributed by atoms with Crippen molar-refractivity contribution in [3.8, 4) is 0 Å². The predicted octanol–water partition coefficient (Wildman–Crippen LogP) is 4.11. The molecule has 1 N–H and O–H groups in total. The average molecular weight is 282 g/mol. The molecule has 0 spiro atoms. The van der Waals surface area contributed by atoms with Crippen LogP contribution in [0.25, 0.3) is 0 Å². The Bertz CT molecular complexity index is 369. The smallest absolute Gasteiger partial charge is 0.0330 e. The normalized spacial score (nSPS) is 12.6. The molecule has 0 fully saturated rings. The summed E-state index contributed by atoms with van der Waals surface area (Å²) < 4.78 is 0. The Balaban J connectivity index is 2.46. The molecule has 0 radical (unpaired) electrons. The Kier molecular flexibility index (Phi) is 6.51. The zero-order valence-corrected chi connectivity index (χ0v) is 14.2. The molecule has 3 heteroatoms. The predicted molar refractivity (Wildman–Crippen MR) is 86.7 cm³/mol. The van der Waals surface area contributed by atoms with E-state index in [9.17, 15) is 0 Å². The van der Waals surface area contributed by atoms with Crippen molar-refractivity contribution >= 4 is 11.3 Å². The molecule has 0 saturated heterocycles. The van der Waals surface area contributed by atoms with Gasteiger partial charge in [-0.2, -0.15) is 0 Å². The quantitative estimate of drug-likeness (QED) is 0.772. The van der Waals surface area contributed by atoms with Gasteiger partial charge in [-0.3, -0.25) is 4.90 Å². The molecule has 0 aromatic carbocycles. The van der Waals surface area contributed by atoms with Gasteiger partial charge in [-0.05, 0) is 51.9 Å². The highest BCUT2D eigenvalue weighted by molar-refractivity contribution is 7.11. The first-order chi connectivity index (χ1) is 8.85. The molecule has 0 amide bonds. The molecular weight excluding hydrogens is 252 g/mol. The van der Waals surface area contributed by atoms with E-state index in [1.807, 2.05) is 11.3 Å². The molecule has 0 atom stereocenters. The fraction of sp³-hybridized carbons (Fsp3) is 0.750. The first kappa shape index (κ1) is 16.7. The van der Waals surface area contributed by atoms with Crippen molar-refractivity contribution < 1.29 is 0 Å². The summed E-state index contributed by atoms with van der Waals surface area (Å²) in [6, 6.07) is 4.54. The van der Waals surface area contributed by atoms with Gasteiger partial charge in [0.1, 0.15) is 0 Å². The zero-order chi connectivity index (χ0) is 14.5. The number of nitrogens with zero attached hydrogens (tertiary/aromatic N) is 1. The second kappa shape index (κ2) is 7.41. The second-order valence-electron chi connectivity index (χ2n) is 6.41. The third kappa shape index (κ3) is 5.64. The van der Waals surface area contributed by atoms with Crippen molar-refractivity contribution in [2.24, 2.45) is 5.92 Å². The molecule has 0 aliphatic carbocycles. The Labute approximate surface area is 123 Å². The highest BCUT2D eigenvalue weighted by Crippen LogP contribution is 2.23. The maximum atomic E-state index is 3.51. The molecule has 110 valence electrons. The average Bonchev–Trinajstić information content (AvgIpc) is 2.76. The Hall–Kier alpha value is -0.380. The van der Waals surface area contributed by atoms with Crippen molar-refractivity contribution in [2.75, 3.05) is 13.6 Å². The summed E-state index contributed by atoms with van der Waals surface area (Å²) in [5, 5.41) is 3.51. The van der Waals surface area contributed by atoms with Crippen molar-refractivity contribution in [3.63, 3.8) is 0 Å². The summed E-state index contributed by atoms with van der Waals surface area (Å²) in [4.78, 5) is 5.35. The van der Waals surface area contributed by atoms with Gasteiger partial charge < -0.3 is 5.32 Å². The van der Waals surface area contributed by atoms with Crippen LogP contribution in [0.4, 0.5) is 0 Å².